The quantitative estimate of drug-likeness (QED) is 0.716. The van der Waals surface area contributed by atoms with E-state index in [9.17, 15) is 4.39 Å². The number of anilines is 2. The summed E-state index contributed by atoms with van der Waals surface area (Å²) in [6.07, 6.45) is 2.81. The van der Waals surface area contributed by atoms with Crippen molar-refractivity contribution < 1.29 is 4.39 Å². The molecule has 0 fully saturated rings. The first-order valence-electron chi connectivity index (χ1n) is 9.08. The van der Waals surface area contributed by atoms with Crippen molar-refractivity contribution >= 4 is 11.5 Å². The highest BCUT2D eigenvalue weighted by Gasteiger charge is 2.20. The molecule has 27 heavy (non-hydrogen) atoms. The van der Waals surface area contributed by atoms with Gasteiger partial charge in [0, 0.05) is 36.7 Å². The average Bonchev–Trinajstić information content (AvgIpc) is 3.15. The fourth-order valence-electron chi connectivity index (χ4n) is 3.20. The Balaban J connectivity index is 1.44. The molecule has 1 aliphatic rings. The van der Waals surface area contributed by atoms with E-state index in [0.717, 1.165) is 41.2 Å². The molecule has 0 unspecified atom stereocenters. The zero-order valence-electron chi connectivity index (χ0n) is 15.5. The van der Waals surface area contributed by atoms with Gasteiger partial charge in [-0.1, -0.05) is 26.0 Å². The summed E-state index contributed by atoms with van der Waals surface area (Å²) in [6, 6.07) is 12.6. The van der Waals surface area contributed by atoms with Crippen LogP contribution in [0.5, 0.6) is 0 Å². The normalized spacial score (nSPS) is 13.1. The Morgan fingerprint density at radius 3 is 2.67 bits per heavy atom. The number of fused-ring (bicyclic) bond motifs is 1. The van der Waals surface area contributed by atoms with Crippen LogP contribution in [0.3, 0.4) is 0 Å². The topological polar surface area (TPSA) is 62.7 Å². The summed E-state index contributed by atoms with van der Waals surface area (Å²) in [4.78, 5) is 4.49. The van der Waals surface area contributed by atoms with Gasteiger partial charge >= 0.3 is 0 Å². The molecule has 0 bridgehead atoms. The maximum atomic E-state index is 13.1. The van der Waals surface area contributed by atoms with E-state index in [2.05, 4.69) is 45.7 Å². The maximum Gasteiger partial charge on any atom is 0.148 e. The Labute approximate surface area is 158 Å². The highest BCUT2D eigenvalue weighted by atomic mass is 19.1. The Bertz CT molecular complexity index is 936. The zero-order valence-corrected chi connectivity index (χ0v) is 15.5. The molecule has 3 aromatic rings. The predicted octanol–water partition coefficient (Wildman–Crippen LogP) is 4.04. The van der Waals surface area contributed by atoms with Crippen molar-refractivity contribution in [2.24, 2.45) is 0 Å². The minimum Gasteiger partial charge on any atom is -0.383 e. The molecular weight excluding hydrogens is 341 g/mol. The number of aromatic nitrogens is 3. The van der Waals surface area contributed by atoms with Gasteiger partial charge in [-0.2, -0.15) is 0 Å². The van der Waals surface area contributed by atoms with Crippen molar-refractivity contribution in [3.8, 4) is 11.3 Å². The number of benzene rings is 1. The lowest BCUT2D eigenvalue weighted by molar-refractivity contribution is 0.552. The number of nitrogens with zero attached hydrogens (tertiary/aromatic N) is 3. The van der Waals surface area contributed by atoms with Crippen LogP contribution >= 0.6 is 0 Å². The molecule has 1 aliphatic heterocycles. The first-order chi connectivity index (χ1) is 13.0. The first kappa shape index (κ1) is 17.4. The van der Waals surface area contributed by atoms with Gasteiger partial charge in [-0.25, -0.2) is 4.39 Å². The molecule has 5 nitrogen and oxygen atoms in total. The highest BCUT2D eigenvalue weighted by Crippen LogP contribution is 2.27. The molecule has 0 spiro atoms. The van der Waals surface area contributed by atoms with Gasteiger partial charge in [-0.05, 0) is 35.9 Å². The maximum absolute atomic E-state index is 13.1. The molecule has 138 valence electrons. The van der Waals surface area contributed by atoms with E-state index >= 15 is 0 Å². The fourth-order valence-corrected chi connectivity index (χ4v) is 3.20. The summed E-state index contributed by atoms with van der Waals surface area (Å²) in [5.74, 6) is 0.487. The molecule has 0 amide bonds. The SMILES string of the molecule is CC(C)(CNc1ccc(-c2cnc3c(c2)NCC3)nn1)c1ccc(F)cc1. The third kappa shape index (κ3) is 3.74. The summed E-state index contributed by atoms with van der Waals surface area (Å²) >= 11 is 0. The van der Waals surface area contributed by atoms with E-state index in [0.29, 0.717) is 12.4 Å². The summed E-state index contributed by atoms with van der Waals surface area (Å²) in [7, 11) is 0. The Morgan fingerprint density at radius 1 is 1.11 bits per heavy atom. The van der Waals surface area contributed by atoms with E-state index in [1.54, 1.807) is 0 Å². The molecule has 3 heterocycles. The predicted molar refractivity (Wildman–Crippen MR) is 105 cm³/mol. The lowest BCUT2D eigenvalue weighted by atomic mass is 9.84. The smallest absolute Gasteiger partial charge is 0.148 e. The number of rotatable bonds is 5. The molecule has 2 aromatic heterocycles. The second-order valence-electron chi connectivity index (χ2n) is 7.44. The number of pyridine rings is 1. The minimum atomic E-state index is -0.222. The van der Waals surface area contributed by atoms with Crippen LogP contribution < -0.4 is 10.6 Å². The van der Waals surface area contributed by atoms with Crippen LogP contribution in [0.4, 0.5) is 15.9 Å². The number of nitrogens with one attached hydrogen (secondary N) is 2. The van der Waals surface area contributed by atoms with Crippen molar-refractivity contribution in [1.29, 1.82) is 0 Å². The minimum absolute atomic E-state index is 0.163. The van der Waals surface area contributed by atoms with Crippen molar-refractivity contribution in [2.75, 3.05) is 23.7 Å². The monoisotopic (exact) mass is 363 g/mol. The van der Waals surface area contributed by atoms with Crippen molar-refractivity contribution in [3.05, 3.63) is 65.7 Å². The fraction of sp³-hybridized carbons (Fsp3) is 0.286. The third-order valence-corrected chi connectivity index (χ3v) is 4.94. The van der Waals surface area contributed by atoms with Gasteiger partial charge in [0.05, 0.1) is 17.1 Å². The van der Waals surface area contributed by atoms with Crippen molar-refractivity contribution in [2.45, 2.75) is 25.7 Å². The Kier molecular flexibility index (Phi) is 4.48. The second kappa shape index (κ2) is 6.95. The molecule has 6 heteroatoms. The standard InChI is InChI=1S/C21H22FN5/c1-21(2,15-3-5-16(22)6-4-15)13-25-20-8-7-17(26-27-20)14-11-19-18(24-12-14)9-10-23-19/h3-8,11-12,23H,9-10,13H2,1-2H3,(H,25,27). The van der Waals surface area contributed by atoms with Gasteiger partial charge in [0.25, 0.3) is 0 Å². The first-order valence-corrected chi connectivity index (χ1v) is 9.08. The summed E-state index contributed by atoms with van der Waals surface area (Å²) < 4.78 is 13.1. The second-order valence-corrected chi connectivity index (χ2v) is 7.44. The van der Waals surface area contributed by atoms with Gasteiger partial charge in [-0.15, -0.1) is 10.2 Å². The molecule has 1 aromatic carbocycles. The molecule has 4 rings (SSSR count). The average molecular weight is 363 g/mol. The molecule has 0 saturated carbocycles. The zero-order chi connectivity index (χ0) is 18.9. The molecule has 0 radical (unpaired) electrons. The molecule has 0 atom stereocenters. The summed E-state index contributed by atoms with van der Waals surface area (Å²) in [5, 5.41) is 15.3. The van der Waals surface area contributed by atoms with Gasteiger partial charge in [0.1, 0.15) is 11.6 Å². The van der Waals surface area contributed by atoms with Crippen molar-refractivity contribution in [1.82, 2.24) is 15.2 Å². The number of hydrogen-bond donors (Lipinski definition) is 2. The largest absolute Gasteiger partial charge is 0.383 e. The van der Waals surface area contributed by atoms with Crippen LogP contribution in [0, 0.1) is 5.82 Å². The van der Waals surface area contributed by atoms with Gasteiger partial charge in [0.15, 0.2) is 0 Å². The van der Waals surface area contributed by atoms with Crippen LogP contribution in [-0.2, 0) is 11.8 Å². The summed E-state index contributed by atoms with van der Waals surface area (Å²) in [6.45, 7) is 5.82. The Morgan fingerprint density at radius 2 is 1.93 bits per heavy atom. The van der Waals surface area contributed by atoms with E-state index in [-0.39, 0.29) is 11.2 Å². The van der Waals surface area contributed by atoms with Crippen LogP contribution in [-0.4, -0.2) is 28.3 Å². The molecular formula is C21H22FN5. The molecule has 2 N–H and O–H groups in total. The number of hydrogen-bond acceptors (Lipinski definition) is 5. The lowest BCUT2D eigenvalue weighted by Gasteiger charge is -2.25. The molecule has 0 saturated heterocycles. The van der Waals surface area contributed by atoms with Gasteiger partial charge in [0.2, 0.25) is 0 Å². The number of halogens is 1. The van der Waals surface area contributed by atoms with E-state index in [1.807, 2.05) is 30.5 Å². The van der Waals surface area contributed by atoms with Gasteiger partial charge < -0.3 is 10.6 Å². The molecule has 0 aliphatic carbocycles. The van der Waals surface area contributed by atoms with Crippen LogP contribution in [0.2, 0.25) is 0 Å². The van der Waals surface area contributed by atoms with E-state index in [4.69, 9.17) is 0 Å². The lowest BCUT2D eigenvalue weighted by Crippen LogP contribution is -2.28. The van der Waals surface area contributed by atoms with Crippen molar-refractivity contribution in [3.63, 3.8) is 0 Å². The third-order valence-electron chi connectivity index (χ3n) is 4.94. The van der Waals surface area contributed by atoms with Gasteiger partial charge in [-0.3, -0.25) is 4.98 Å². The van der Waals surface area contributed by atoms with E-state index < -0.39 is 0 Å². The summed E-state index contributed by atoms with van der Waals surface area (Å²) in [5.41, 5.74) is 4.84. The van der Waals surface area contributed by atoms with Crippen LogP contribution in [0.25, 0.3) is 11.3 Å². The van der Waals surface area contributed by atoms with Crippen LogP contribution in [0.1, 0.15) is 25.1 Å². The van der Waals surface area contributed by atoms with Crippen LogP contribution in [0.15, 0.2) is 48.7 Å². The Hall–Kier alpha value is -3.02. The highest BCUT2D eigenvalue weighted by molar-refractivity contribution is 5.66. The van der Waals surface area contributed by atoms with E-state index in [1.165, 1.54) is 12.1 Å².